The Morgan fingerprint density at radius 2 is 1.29 bits per heavy atom. The highest BCUT2D eigenvalue weighted by atomic mass is 15.3. The monoisotopic (exact) mass is 595 g/mol. The van der Waals surface area contributed by atoms with E-state index in [4.69, 9.17) is 15.2 Å². The summed E-state index contributed by atoms with van der Waals surface area (Å²) in [5.41, 5.74) is 11.8. The standard InChI is InChI=1S/C40H45N5/c1-5-6-7-8-19-44-20-22-45(23-21-44)40-18-15-34(24-32(40)4)14-17-39-31(3)26-37(29-43-39)36-25-30(2)38(42-28-36)16-13-33-9-11-35(27-41)12-10-33/h9-18,24-26,28-29H,5-8,19-23H2,1-4H3/b16-13+,17-14+. The molecule has 1 aliphatic heterocycles. The zero-order valence-electron chi connectivity index (χ0n) is 27.3. The minimum absolute atomic E-state index is 0.660. The highest BCUT2D eigenvalue weighted by molar-refractivity contribution is 5.74. The van der Waals surface area contributed by atoms with Crippen molar-refractivity contribution in [3.63, 3.8) is 0 Å². The fourth-order valence-corrected chi connectivity index (χ4v) is 5.97. The van der Waals surface area contributed by atoms with E-state index in [1.54, 1.807) is 0 Å². The van der Waals surface area contributed by atoms with Crippen molar-refractivity contribution in [2.75, 3.05) is 37.6 Å². The molecule has 1 aliphatic rings. The first-order chi connectivity index (χ1) is 21.9. The fourth-order valence-electron chi connectivity index (χ4n) is 5.97. The quantitative estimate of drug-likeness (QED) is 0.162. The number of aryl methyl sites for hydroxylation is 3. The van der Waals surface area contributed by atoms with Gasteiger partial charge in [0.05, 0.1) is 23.0 Å². The van der Waals surface area contributed by atoms with E-state index in [1.807, 2.05) is 48.8 Å². The van der Waals surface area contributed by atoms with E-state index >= 15 is 0 Å². The van der Waals surface area contributed by atoms with E-state index in [-0.39, 0.29) is 0 Å². The lowest BCUT2D eigenvalue weighted by Gasteiger charge is -2.37. The third kappa shape index (κ3) is 8.56. The van der Waals surface area contributed by atoms with Crippen molar-refractivity contribution >= 4 is 30.0 Å². The van der Waals surface area contributed by atoms with Gasteiger partial charge in [-0.15, -0.1) is 0 Å². The summed E-state index contributed by atoms with van der Waals surface area (Å²) in [6.45, 7) is 14.5. The molecule has 5 nitrogen and oxygen atoms in total. The molecular formula is C40H45N5. The average Bonchev–Trinajstić information content (AvgIpc) is 3.06. The van der Waals surface area contributed by atoms with Gasteiger partial charge in [0, 0.05) is 55.4 Å². The van der Waals surface area contributed by atoms with Crippen LogP contribution in [0.2, 0.25) is 0 Å². The Bertz CT molecular complexity index is 1690. The van der Waals surface area contributed by atoms with Gasteiger partial charge < -0.3 is 4.90 Å². The van der Waals surface area contributed by atoms with E-state index in [0.29, 0.717) is 5.56 Å². The van der Waals surface area contributed by atoms with Crippen LogP contribution in [0.25, 0.3) is 35.4 Å². The molecule has 1 fully saturated rings. The number of anilines is 1. The normalized spacial score (nSPS) is 14.0. The average molecular weight is 596 g/mol. The number of hydrogen-bond acceptors (Lipinski definition) is 5. The molecule has 230 valence electrons. The molecule has 0 N–H and O–H groups in total. The Balaban J connectivity index is 1.19. The van der Waals surface area contributed by atoms with Crippen LogP contribution in [0.5, 0.6) is 0 Å². The summed E-state index contributed by atoms with van der Waals surface area (Å²) in [6.07, 6.45) is 17.5. The Kier molecular flexibility index (Phi) is 11.0. The van der Waals surface area contributed by atoms with Crippen molar-refractivity contribution < 1.29 is 0 Å². The third-order valence-electron chi connectivity index (χ3n) is 8.74. The predicted molar refractivity (Wildman–Crippen MR) is 190 cm³/mol. The summed E-state index contributed by atoms with van der Waals surface area (Å²) in [4.78, 5) is 14.7. The molecule has 0 bridgehead atoms. The van der Waals surface area contributed by atoms with Crippen molar-refractivity contribution in [2.45, 2.75) is 53.4 Å². The maximum absolute atomic E-state index is 9.00. The van der Waals surface area contributed by atoms with Crippen LogP contribution in [0.1, 0.15) is 77.4 Å². The first-order valence-electron chi connectivity index (χ1n) is 16.3. The van der Waals surface area contributed by atoms with Crippen LogP contribution in [0.4, 0.5) is 5.69 Å². The Morgan fingerprint density at radius 3 is 1.84 bits per heavy atom. The molecule has 0 aliphatic carbocycles. The van der Waals surface area contributed by atoms with Gasteiger partial charge in [-0.3, -0.25) is 14.9 Å². The Morgan fingerprint density at radius 1 is 0.689 bits per heavy atom. The van der Waals surface area contributed by atoms with Crippen molar-refractivity contribution in [1.29, 1.82) is 5.26 Å². The largest absolute Gasteiger partial charge is 0.369 e. The highest BCUT2D eigenvalue weighted by Crippen LogP contribution is 2.26. The first kappa shape index (κ1) is 31.9. The van der Waals surface area contributed by atoms with Gasteiger partial charge in [-0.1, -0.05) is 56.5 Å². The molecule has 2 aromatic heterocycles. The molecule has 2 aromatic carbocycles. The van der Waals surface area contributed by atoms with Crippen molar-refractivity contribution in [2.24, 2.45) is 0 Å². The van der Waals surface area contributed by atoms with E-state index in [1.165, 1.54) is 49.0 Å². The van der Waals surface area contributed by atoms with E-state index < -0.39 is 0 Å². The minimum Gasteiger partial charge on any atom is -0.369 e. The zero-order chi connectivity index (χ0) is 31.6. The lowest BCUT2D eigenvalue weighted by atomic mass is 10.0. The number of benzene rings is 2. The number of unbranched alkanes of at least 4 members (excludes halogenated alkanes) is 3. The van der Waals surface area contributed by atoms with Crippen LogP contribution in [-0.4, -0.2) is 47.6 Å². The number of pyridine rings is 2. The highest BCUT2D eigenvalue weighted by Gasteiger charge is 2.18. The molecule has 5 heteroatoms. The second-order valence-corrected chi connectivity index (χ2v) is 12.2. The number of aromatic nitrogens is 2. The lowest BCUT2D eigenvalue weighted by Crippen LogP contribution is -2.46. The number of rotatable bonds is 11. The summed E-state index contributed by atoms with van der Waals surface area (Å²) >= 11 is 0. The maximum atomic E-state index is 9.00. The van der Waals surface area contributed by atoms with Crippen molar-refractivity contribution in [3.8, 4) is 17.2 Å². The molecule has 0 amide bonds. The van der Waals surface area contributed by atoms with Crippen LogP contribution in [-0.2, 0) is 0 Å². The van der Waals surface area contributed by atoms with Gasteiger partial charge in [-0.25, -0.2) is 0 Å². The molecule has 0 saturated carbocycles. The van der Waals surface area contributed by atoms with Crippen LogP contribution in [0, 0.1) is 32.1 Å². The Labute approximate surface area is 269 Å². The summed E-state index contributed by atoms with van der Waals surface area (Å²) in [5.74, 6) is 0. The topological polar surface area (TPSA) is 56.1 Å². The molecule has 0 unspecified atom stereocenters. The van der Waals surface area contributed by atoms with Crippen LogP contribution in [0.15, 0.2) is 67.0 Å². The third-order valence-corrected chi connectivity index (χ3v) is 8.74. The summed E-state index contributed by atoms with van der Waals surface area (Å²) in [7, 11) is 0. The Hall–Kier alpha value is -4.53. The van der Waals surface area contributed by atoms with Gasteiger partial charge in [0.25, 0.3) is 0 Å². The van der Waals surface area contributed by atoms with Gasteiger partial charge in [-0.2, -0.15) is 5.26 Å². The van der Waals surface area contributed by atoms with Crippen molar-refractivity contribution in [3.05, 3.63) is 112 Å². The maximum Gasteiger partial charge on any atom is 0.0991 e. The summed E-state index contributed by atoms with van der Waals surface area (Å²) in [5, 5.41) is 9.00. The smallest absolute Gasteiger partial charge is 0.0991 e. The van der Waals surface area contributed by atoms with Crippen LogP contribution in [0.3, 0.4) is 0 Å². The molecule has 0 spiro atoms. The van der Waals surface area contributed by atoms with Crippen molar-refractivity contribution in [1.82, 2.24) is 14.9 Å². The SMILES string of the molecule is CCCCCCN1CCN(c2ccc(/C=C/c3ncc(-c4cnc(/C=C/c5ccc(C#N)cc5)c(C)c4)cc3C)cc2C)CC1. The first-order valence-corrected chi connectivity index (χ1v) is 16.3. The minimum atomic E-state index is 0.660. The zero-order valence-corrected chi connectivity index (χ0v) is 27.3. The fraction of sp³-hybridized carbons (Fsp3) is 0.325. The molecule has 5 rings (SSSR count). The second-order valence-electron chi connectivity index (χ2n) is 12.2. The number of nitrogens with zero attached hydrogens (tertiary/aromatic N) is 5. The van der Waals surface area contributed by atoms with Crippen LogP contribution < -0.4 is 4.90 Å². The second kappa shape index (κ2) is 15.5. The van der Waals surface area contributed by atoms with Crippen LogP contribution >= 0.6 is 0 Å². The number of nitriles is 1. The lowest BCUT2D eigenvalue weighted by molar-refractivity contribution is 0.252. The number of piperazine rings is 1. The van der Waals surface area contributed by atoms with E-state index in [0.717, 1.165) is 65.4 Å². The van der Waals surface area contributed by atoms with Gasteiger partial charge >= 0.3 is 0 Å². The number of hydrogen-bond donors (Lipinski definition) is 0. The molecule has 1 saturated heterocycles. The van der Waals surface area contributed by atoms with E-state index in [2.05, 4.69) is 86.0 Å². The molecular weight excluding hydrogens is 550 g/mol. The van der Waals surface area contributed by atoms with Gasteiger partial charge in [-0.05, 0) is 110 Å². The summed E-state index contributed by atoms with van der Waals surface area (Å²) in [6, 6.07) is 20.8. The molecule has 3 heterocycles. The molecule has 0 atom stereocenters. The molecule has 0 radical (unpaired) electrons. The predicted octanol–water partition coefficient (Wildman–Crippen LogP) is 8.98. The van der Waals surface area contributed by atoms with Gasteiger partial charge in [0.2, 0.25) is 0 Å². The van der Waals surface area contributed by atoms with Gasteiger partial charge in [0.15, 0.2) is 0 Å². The molecule has 45 heavy (non-hydrogen) atoms. The van der Waals surface area contributed by atoms with E-state index in [9.17, 15) is 0 Å². The van der Waals surface area contributed by atoms with Gasteiger partial charge in [0.1, 0.15) is 0 Å². The summed E-state index contributed by atoms with van der Waals surface area (Å²) < 4.78 is 0. The molecule has 4 aromatic rings.